The van der Waals surface area contributed by atoms with E-state index in [4.69, 9.17) is 4.52 Å². The second-order valence-electron chi connectivity index (χ2n) is 7.18. The van der Waals surface area contributed by atoms with Crippen LogP contribution in [0.25, 0.3) is 10.8 Å². The van der Waals surface area contributed by atoms with Gasteiger partial charge in [0.25, 0.3) is 0 Å². The lowest BCUT2D eigenvalue weighted by molar-refractivity contribution is 0.0911. The Morgan fingerprint density at radius 2 is 1.87 bits per heavy atom. The molecule has 3 aromatic rings. The number of hydrogen-bond donors (Lipinski definition) is 0. The fourth-order valence-electron chi connectivity index (χ4n) is 3.58. The van der Waals surface area contributed by atoms with Crippen LogP contribution in [0, 0.1) is 5.41 Å². The third-order valence-corrected chi connectivity index (χ3v) is 4.63. The van der Waals surface area contributed by atoms with Crippen molar-refractivity contribution in [3.05, 3.63) is 65.0 Å². The lowest BCUT2D eigenvalue weighted by Crippen LogP contribution is -2.27. The Morgan fingerprint density at radius 3 is 2.74 bits per heavy atom. The van der Waals surface area contributed by atoms with Gasteiger partial charge in [-0.05, 0) is 28.2 Å². The summed E-state index contributed by atoms with van der Waals surface area (Å²) in [5.41, 5.74) is 2.68. The third kappa shape index (κ3) is 2.46. The van der Waals surface area contributed by atoms with Crippen molar-refractivity contribution < 1.29 is 9.32 Å². The van der Waals surface area contributed by atoms with E-state index in [1.54, 1.807) is 0 Å². The Bertz CT molecular complexity index is 900. The van der Waals surface area contributed by atoms with Crippen LogP contribution in [-0.4, -0.2) is 10.9 Å². The largest absolute Gasteiger partial charge is 0.360 e. The molecule has 0 aliphatic heterocycles. The van der Waals surface area contributed by atoms with E-state index in [1.807, 2.05) is 18.2 Å². The van der Waals surface area contributed by atoms with E-state index in [2.05, 4.69) is 43.3 Å². The summed E-state index contributed by atoms with van der Waals surface area (Å²) in [6, 6.07) is 14.5. The topological polar surface area (TPSA) is 43.1 Å². The minimum atomic E-state index is -0.0301. The first-order valence-electron chi connectivity index (χ1n) is 8.01. The Kier molecular flexibility index (Phi) is 3.12. The van der Waals surface area contributed by atoms with Crippen molar-refractivity contribution in [2.45, 2.75) is 33.1 Å². The maximum atomic E-state index is 12.5. The van der Waals surface area contributed by atoms with Gasteiger partial charge in [0.05, 0.1) is 11.3 Å². The zero-order valence-electron chi connectivity index (χ0n) is 13.4. The third-order valence-electron chi connectivity index (χ3n) is 4.63. The van der Waals surface area contributed by atoms with Crippen LogP contribution < -0.4 is 0 Å². The molecule has 1 aromatic heterocycles. The molecule has 1 aliphatic rings. The first-order valence-corrected chi connectivity index (χ1v) is 8.01. The summed E-state index contributed by atoms with van der Waals surface area (Å²) in [7, 11) is 0. The number of aromatic nitrogens is 1. The summed E-state index contributed by atoms with van der Waals surface area (Å²) < 4.78 is 5.56. The smallest absolute Gasteiger partial charge is 0.168 e. The molecule has 0 atom stereocenters. The molecule has 0 amide bonds. The minimum Gasteiger partial charge on any atom is -0.360 e. The molecule has 3 nitrogen and oxygen atoms in total. The number of benzene rings is 2. The lowest BCUT2D eigenvalue weighted by atomic mass is 9.75. The van der Waals surface area contributed by atoms with Crippen molar-refractivity contribution in [3.8, 4) is 0 Å². The van der Waals surface area contributed by atoms with Crippen molar-refractivity contribution in [1.82, 2.24) is 5.16 Å². The van der Waals surface area contributed by atoms with E-state index in [0.29, 0.717) is 18.6 Å². The molecular weight excluding hydrogens is 286 g/mol. The standard InChI is InChI=1S/C20H19NO2/c1-20(2)11-16-19(17(22)12-20)18(23-21-16)10-14-8-5-7-13-6-3-4-9-15(13)14/h3-9H,10-12H2,1-2H3. The quantitative estimate of drug-likeness (QED) is 0.696. The van der Waals surface area contributed by atoms with Crippen molar-refractivity contribution >= 4 is 16.6 Å². The number of fused-ring (bicyclic) bond motifs is 2. The predicted molar refractivity (Wildman–Crippen MR) is 89.7 cm³/mol. The van der Waals surface area contributed by atoms with Crippen LogP contribution in [0.5, 0.6) is 0 Å². The summed E-state index contributed by atoms with van der Waals surface area (Å²) in [5.74, 6) is 0.865. The van der Waals surface area contributed by atoms with Gasteiger partial charge < -0.3 is 4.52 Å². The molecule has 1 aliphatic carbocycles. The van der Waals surface area contributed by atoms with Gasteiger partial charge >= 0.3 is 0 Å². The van der Waals surface area contributed by atoms with Crippen LogP contribution in [0.2, 0.25) is 0 Å². The van der Waals surface area contributed by atoms with Crippen molar-refractivity contribution in [3.63, 3.8) is 0 Å². The monoisotopic (exact) mass is 305 g/mol. The molecule has 3 heteroatoms. The molecule has 0 bridgehead atoms. The molecule has 0 unspecified atom stereocenters. The molecule has 23 heavy (non-hydrogen) atoms. The van der Waals surface area contributed by atoms with Crippen LogP contribution in [0.1, 0.15) is 47.6 Å². The number of Topliss-reactive ketones (excluding diaryl/α,β-unsaturated/α-hetero) is 1. The van der Waals surface area contributed by atoms with Crippen LogP contribution >= 0.6 is 0 Å². The van der Waals surface area contributed by atoms with Gasteiger partial charge in [-0.25, -0.2) is 0 Å². The van der Waals surface area contributed by atoms with E-state index in [1.165, 1.54) is 16.3 Å². The second kappa shape index (κ2) is 5.05. The van der Waals surface area contributed by atoms with Crippen molar-refractivity contribution in [2.75, 3.05) is 0 Å². The first kappa shape index (κ1) is 14.2. The number of carbonyl (C=O) groups is 1. The number of carbonyl (C=O) groups excluding carboxylic acids is 1. The highest BCUT2D eigenvalue weighted by molar-refractivity contribution is 5.99. The summed E-state index contributed by atoms with van der Waals surface area (Å²) in [6.45, 7) is 4.21. The Hall–Kier alpha value is -2.42. The van der Waals surface area contributed by atoms with Gasteiger partial charge in [0.15, 0.2) is 11.5 Å². The normalized spacial score (nSPS) is 16.5. The first-order chi connectivity index (χ1) is 11.0. The summed E-state index contributed by atoms with van der Waals surface area (Å²) in [6.07, 6.45) is 1.96. The van der Waals surface area contributed by atoms with E-state index >= 15 is 0 Å². The number of rotatable bonds is 2. The van der Waals surface area contributed by atoms with Crippen molar-refractivity contribution in [2.24, 2.45) is 5.41 Å². The SMILES string of the molecule is CC1(C)CC(=O)c2c(noc2Cc2cccc3ccccc23)C1. The molecule has 0 radical (unpaired) electrons. The average molecular weight is 305 g/mol. The highest BCUT2D eigenvalue weighted by Gasteiger charge is 2.36. The van der Waals surface area contributed by atoms with E-state index < -0.39 is 0 Å². The van der Waals surface area contributed by atoms with Crippen LogP contribution in [0.15, 0.2) is 47.0 Å². The van der Waals surface area contributed by atoms with Crippen molar-refractivity contribution in [1.29, 1.82) is 0 Å². The fourth-order valence-corrected chi connectivity index (χ4v) is 3.58. The molecular formula is C20H19NO2. The van der Waals surface area contributed by atoms with E-state index in [9.17, 15) is 4.79 Å². The summed E-state index contributed by atoms with van der Waals surface area (Å²) in [4.78, 5) is 12.5. The van der Waals surface area contributed by atoms with Gasteiger partial charge in [0.2, 0.25) is 0 Å². The molecule has 116 valence electrons. The van der Waals surface area contributed by atoms with E-state index in [0.717, 1.165) is 17.7 Å². The molecule has 4 rings (SSSR count). The highest BCUT2D eigenvalue weighted by atomic mass is 16.5. The van der Waals surface area contributed by atoms with Crippen LogP contribution in [0.3, 0.4) is 0 Å². The molecule has 0 N–H and O–H groups in total. The second-order valence-corrected chi connectivity index (χ2v) is 7.18. The zero-order valence-corrected chi connectivity index (χ0v) is 13.4. The number of nitrogens with zero attached hydrogens (tertiary/aromatic N) is 1. The molecule has 1 heterocycles. The molecule has 0 saturated carbocycles. The van der Waals surface area contributed by atoms with E-state index in [-0.39, 0.29) is 11.2 Å². The summed E-state index contributed by atoms with van der Waals surface area (Å²) in [5, 5.41) is 6.58. The number of hydrogen-bond acceptors (Lipinski definition) is 3. The molecule has 0 saturated heterocycles. The predicted octanol–water partition coefficient (Wildman–Crippen LogP) is 4.57. The zero-order chi connectivity index (χ0) is 16.0. The van der Waals surface area contributed by atoms with Gasteiger partial charge in [-0.15, -0.1) is 0 Å². The molecule has 0 spiro atoms. The van der Waals surface area contributed by atoms with Gasteiger partial charge in [-0.3, -0.25) is 4.79 Å². The fraction of sp³-hybridized carbons (Fsp3) is 0.300. The highest BCUT2D eigenvalue weighted by Crippen LogP contribution is 2.36. The number of ketones is 1. The average Bonchev–Trinajstić information content (AvgIpc) is 2.89. The minimum absolute atomic E-state index is 0.0301. The van der Waals surface area contributed by atoms with Gasteiger partial charge in [0.1, 0.15) is 0 Å². The maximum Gasteiger partial charge on any atom is 0.168 e. The Balaban J connectivity index is 1.76. The molecule has 2 aromatic carbocycles. The van der Waals surface area contributed by atoms with Crippen LogP contribution in [0.4, 0.5) is 0 Å². The van der Waals surface area contributed by atoms with Gasteiger partial charge in [-0.2, -0.15) is 0 Å². The molecule has 0 fully saturated rings. The Morgan fingerprint density at radius 1 is 1.09 bits per heavy atom. The summed E-state index contributed by atoms with van der Waals surface area (Å²) >= 11 is 0. The lowest BCUT2D eigenvalue weighted by Gasteiger charge is -2.26. The maximum absolute atomic E-state index is 12.5. The van der Waals surface area contributed by atoms with Crippen LogP contribution in [-0.2, 0) is 12.8 Å². The Labute approximate surface area is 135 Å². The van der Waals surface area contributed by atoms with Gasteiger partial charge in [0, 0.05) is 12.8 Å². The van der Waals surface area contributed by atoms with Gasteiger partial charge in [-0.1, -0.05) is 61.5 Å².